The maximum Gasteiger partial charge on any atom is 0.123 e. The van der Waals surface area contributed by atoms with Crippen molar-refractivity contribution in [2.24, 2.45) is 0 Å². The van der Waals surface area contributed by atoms with Gasteiger partial charge in [-0.15, -0.1) is 0 Å². The quantitative estimate of drug-likeness (QED) is 0.887. The summed E-state index contributed by atoms with van der Waals surface area (Å²) in [4.78, 5) is 2.48. The summed E-state index contributed by atoms with van der Waals surface area (Å²) in [6.45, 7) is 10.5. The van der Waals surface area contributed by atoms with Crippen LogP contribution in [0.15, 0.2) is 18.2 Å². The predicted octanol–water partition coefficient (Wildman–Crippen LogP) is 2.71. The standard InChI is InChI=1S/C15H23FN2/c1-4-15(3)11-17-7-8-18(15)10-13-9-14(16)6-5-12(13)2/h5-6,9,17H,4,7-8,10-11H2,1-3H3. The SMILES string of the molecule is CCC1(C)CNCCN1Cc1cc(F)ccc1C. The lowest BCUT2D eigenvalue weighted by Crippen LogP contribution is -2.58. The molecule has 2 rings (SSSR count). The molecular weight excluding hydrogens is 227 g/mol. The average molecular weight is 250 g/mol. The van der Waals surface area contributed by atoms with Gasteiger partial charge >= 0.3 is 0 Å². The van der Waals surface area contributed by atoms with Crippen molar-refractivity contribution in [3.05, 3.63) is 35.1 Å². The van der Waals surface area contributed by atoms with Gasteiger partial charge in [0.25, 0.3) is 0 Å². The topological polar surface area (TPSA) is 15.3 Å². The number of benzene rings is 1. The van der Waals surface area contributed by atoms with Crippen LogP contribution in [0, 0.1) is 12.7 Å². The normalized spacial score (nSPS) is 25.3. The van der Waals surface area contributed by atoms with Crippen LogP contribution >= 0.6 is 0 Å². The fourth-order valence-corrected chi connectivity index (χ4v) is 2.59. The van der Waals surface area contributed by atoms with Gasteiger partial charge in [0, 0.05) is 31.7 Å². The molecule has 1 saturated heterocycles. The highest BCUT2D eigenvalue weighted by Gasteiger charge is 2.32. The van der Waals surface area contributed by atoms with E-state index in [1.165, 1.54) is 11.6 Å². The molecule has 1 N–H and O–H groups in total. The van der Waals surface area contributed by atoms with E-state index in [4.69, 9.17) is 0 Å². The van der Waals surface area contributed by atoms with Crippen molar-refractivity contribution in [3.63, 3.8) is 0 Å². The molecular formula is C15H23FN2. The number of aryl methyl sites for hydroxylation is 1. The summed E-state index contributed by atoms with van der Waals surface area (Å²) < 4.78 is 13.3. The first-order chi connectivity index (χ1) is 8.55. The van der Waals surface area contributed by atoms with Crippen molar-refractivity contribution in [2.75, 3.05) is 19.6 Å². The molecule has 0 aliphatic carbocycles. The minimum Gasteiger partial charge on any atom is -0.314 e. The van der Waals surface area contributed by atoms with Crippen LogP contribution < -0.4 is 5.32 Å². The van der Waals surface area contributed by atoms with Crippen LogP contribution in [0.25, 0.3) is 0 Å². The molecule has 1 aliphatic rings. The molecule has 0 bridgehead atoms. The smallest absolute Gasteiger partial charge is 0.123 e. The van der Waals surface area contributed by atoms with Crippen LogP contribution in [0.4, 0.5) is 4.39 Å². The Labute approximate surface area is 109 Å². The first-order valence-electron chi connectivity index (χ1n) is 6.76. The number of nitrogens with zero attached hydrogens (tertiary/aromatic N) is 1. The molecule has 0 aromatic heterocycles. The number of hydrogen-bond donors (Lipinski definition) is 1. The minimum absolute atomic E-state index is 0.135. The van der Waals surface area contributed by atoms with Crippen molar-refractivity contribution in [2.45, 2.75) is 39.3 Å². The zero-order chi connectivity index (χ0) is 13.2. The zero-order valence-electron chi connectivity index (χ0n) is 11.6. The Morgan fingerprint density at radius 2 is 2.22 bits per heavy atom. The third kappa shape index (κ3) is 2.73. The van der Waals surface area contributed by atoms with Gasteiger partial charge in [-0.2, -0.15) is 0 Å². The van der Waals surface area contributed by atoms with E-state index in [1.54, 1.807) is 6.07 Å². The van der Waals surface area contributed by atoms with Gasteiger partial charge in [0.05, 0.1) is 0 Å². The van der Waals surface area contributed by atoms with Crippen molar-refractivity contribution in [3.8, 4) is 0 Å². The Morgan fingerprint density at radius 3 is 2.94 bits per heavy atom. The molecule has 18 heavy (non-hydrogen) atoms. The van der Waals surface area contributed by atoms with E-state index >= 15 is 0 Å². The van der Waals surface area contributed by atoms with Gasteiger partial charge in [-0.3, -0.25) is 4.90 Å². The summed E-state index contributed by atoms with van der Waals surface area (Å²) in [6.07, 6.45) is 1.11. The number of rotatable bonds is 3. The second-order valence-electron chi connectivity index (χ2n) is 5.52. The van der Waals surface area contributed by atoms with E-state index in [0.29, 0.717) is 0 Å². The van der Waals surface area contributed by atoms with Gasteiger partial charge in [-0.1, -0.05) is 13.0 Å². The number of nitrogens with one attached hydrogen (secondary N) is 1. The van der Waals surface area contributed by atoms with Gasteiger partial charge in [0.15, 0.2) is 0 Å². The molecule has 3 heteroatoms. The Morgan fingerprint density at radius 1 is 1.44 bits per heavy atom. The second-order valence-corrected chi connectivity index (χ2v) is 5.52. The van der Waals surface area contributed by atoms with Crippen molar-refractivity contribution in [1.82, 2.24) is 10.2 Å². The van der Waals surface area contributed by atoms with E-state index in [-0.39, 0.29) is 11.4 Å². The number of piperazine rings is 1. The largest absolute Gasteiger partial charge is 0.314 e. The highest BCUT2D eigenvalue weighted by atomic mass is 19.1. The van der Waals surface area contributed by atoms with E-state index in [9.17, 15) is 4.39 Å². The van der Waals surface area contributed by atoms with Gasteiger partial charge in [0.2, 0.25) is 0 Å². The molecule has 2 nitrogen and oxygen atoms in total. The lowest BCUT2D eigenvalue weighted by Gasteiger charge is -2.45. The van der Waals surface area contributed by atoms with Gasteiger partial charge in [0.1, 0.15) is 5.82 Å². The molecule has 0 amide bonds. The number of halogens is 1. The molecule has 0 saturated carbocycles. The monoisotopic (exact) mass is 250 g/mol. The summed E-state index contributed by atoms with van der Waals surface area (Å²) in [5, 5.41) is 3.45. The molecule has 0 radical (unpaired) electrons. The van der Waals surface area contributed by atoms with Gasteiger partial charge in [-0.25, -0.2) is 4.39 Å². The van der Waals surface area contributed by atoms with E-state index in [1.807, 2.05) is 6.07 Å². The minimum atomic E-state index is -0.135. The second kappa shape index (κ2) is 5.37. The van der Waals surface area contributed by atoms with Crippen molar-refractivity contribution < 1.29 is 4.39 Å². The molecule has 1 heterocycles. The Bertz CT molecular complexity index is 419. The molecule has 1 aromatic carbocycles. The van der Waals surface area contributed by atoms with E-state index in [0.717, 1.165) is 38.2 Å². The highest BCUT2D eigenvalue weighted by Crippen LogP contribution is 2.24. The first-order valence-corrected chi connectivity index (χ1v) is 6.76. The van der Waals surface area contributed by atoms with Crippen LogP contribution in [0.1, 0.15) is 31.4 Å². The fraction of sp³-hybridized carbons (Fsp3) is 0.600. The summed E-state index contributed by atoms with van der Waals surface area (Å²) >= 11 is 0. The lowest BCUT2D eigenvalue weighted by molar-refractivity contribution is 0.0635. The van der Waals surface area contributed by atoms with Crippen LogP contribution in [-0.2, 0) is 6.54 Å². The van der Waals surface area contributed by atoms with Crippen LogP contribution in [-0.4, -0.2) is 30.1 Å². The summed E-state index contributed by atoms with van der Waals surface area (Å²) in [7, 11) is 0. The molecule has 1 atom stereocenters. The maximum atomic E-state index is 13.3. The molecule has 1 unspecified atom stereocenters. The molecule has 1 aromatic rings. The van der Waals surface area contributed by atoms with Gasteiger partial charge < -0.3 is 5.32 Å². The van der Waals surface area contributed by atoms with Crippen LogP contribution in [0.3, 0.4) is 0 Å². The van der Waals surface area contributed by atoms with Crippen molar-refractivity contribution >= 4 is 0 Å². The molecule has 100 valence electrons. The average Bonchev–Trinajstić information content (AvgIpc) is 2.36. The highest BCUT2D eigenvalue weighted by molar-refractivity contribution is 5.26. The number of hydrogen-bond acceptors (Lipinski definition) is 2. The van der Waals surface area contributed by atoms with E-state index < -0.39 is 0 Å². The third-order valence-corrected chi connectivity index (χ3v) is 4.26. The molecule has 0 spiro atoms. The zero-order valence-corrected chi connectivity index (χ0v) is 11.6. The van der Waals surface area contributed by atoms with Gasteiger partial charge in [-0.05, 0) is 43.5 Å². The summed E-state index contributed by atoms with van der Waals surface area (Å²) in [6, 6.07) is 5.08. The predicted molar refractivity (Wildman–Crippen MR) is 73.1 cm³/mol. The van der Waals surface area contributed by atoms with Crippen LogP contribution in [0.2, 0.25) is 0 Å². The third-order valence-electron chi connectivity index (χ3n) is 4.26. The first kappa shape index (κ1) is 13.5. The van der Waals surface area contributed by atoms with E-state index in [2.05, 4.69) is 31.0 Å². The molecule has 1 aliphatic heterocycles. The summed E-state index contributed by atoms with van der Waals surface area (Å²) in [5.41, 5.74) is 2.46. The Kier molecular flexibility index (Phi) is 4.03. The maximum absolute atomic E-state index is 13.3. The Balaban J connectivity index is 2.18. The molecule has 1 fully saturated rings. The van der Waals surface area contributed by atoms with Crippen LogP contribution in [0.5, 0.6) is 0 Å². The lowest BCUT2D eigenvalue weighted by atomic mass is 9.93. The fourth-order valence-electron chi connectivity index (χ4n) is 2.59. The Hall–Kier alpha value is -0.930. The van der Waals surface area contributed by atoms with Crippen molar-refractivity contribution in [1.29, 1.82) is 0 Å². The summed E-state index contributed by atoms with van der Waals surface area (Å²) in [5.74, 6) is -0.135.